The minimum absolute atomic E-state index is 0.144. The second-order valence-electron chi connectivity index (χ2n) is 8.16. The molecule has 3 rings (SSSR count). The molecule has 1 aliphatic heterocycles. The summed E-state index contributed by atoms with van der Waals surface area (Å²) in [6, 6.07) is 9.39. The molecular weight excluding hydrogens is 530 g/mol. The molecule has 1 fully saturated rings. The standard InChI is InChI=1S/C27H29NO12/c1-14(29)35-13-22-23(36-15(2)30)24(37-16(3)31)25(38-17(4)32)27(40-22)39-20-9-6-18(7-10-20)21-11-8-19(12-28-21)26(33)34-5/h6-12,22-25,27H,13H2,1-5H3/t22-,23-,24+,25+,27?/m1/s1/i1D,2D,3D,4D. The van der Waals surface area contributed by atoms with Crippen LogP contribution in [0.3, 0.4) is 0 Å². The predicted molar refractivity (Wildman–Crippen MR) is 134 cm³/mol. The SMILES string of the molecule is [2H]CC(=O)OC[C@H]1OC(Oc2ccc(-c3ccc(C(=O)OC)cn3)cc2)[C@@H](OC(=O)C[2H])[C@@H](OC(=O)C[2H])[C@@H]1OC(=O)C[2H]. The zero-order valence-corrected chi connectivity index (χ0v) is 21.3. The molecule has 2 heterocycles. The van der Waals surface area contributed by atoms with E-state index in [-0.39, 0.29) is 11.3 Å². The van der Waals surface area contributed by atoms with E-state index in [9.17, 15) is 24.0 Å². The monoisotopic (exact) mass is 563 g/mol. The Balaban J connectivity index is 1.95. The Morgan fingerprint density at radius 2 is 1.45 bits per heavy atom. The molecule has 40 heavy (non-hydrogen) atoms. The summed E-state index contributed by atoms with van der Waals surface area (Å²) in [4.78, 5) is 64.2. The van der Waals surface area contributed by atoms with E-state index in [0.717, 1.165) is 0 Å². The van der Waals surface area contributed by atoms with E-state index in [0.29, 0.717) is 11.3 Å². The molecule has 5 atom stereocenters. The van der Waals surface area contributed by atoms with Crippen LogP contribution in [0.1, 0.15) is 43.4 Å². The number of pyridine rings is 1. The van der Waals surface area contributed by atoms with Gasteiger partial charge in [0.15, 0.2) is 12.2 Å². The topological polar surface area (TPSA) is 163 Å². The maximum Gasteiger partial charge on any atom is 0.339 e. The molecule has 13 nitrogen and oxygen atoms in total. The van der Waals surface area contributed by atoms with Gasteiger partial charge in [-0.25, -0.2) is 4.79 Å². The highest BCUT2D eigenvalue weighted by Crippen LogP contribution is 2.31. The third-order valence-electron chi connectivity index (χ3n) is 5.39. The number of hydrogen-bond donors (Lipinski definition) is 0. The number of rotatable bonds is 9. The van der Waals surface area contributed by atoms with Gasteiger partial charge in [-0.2, -0.15) is 0 Å². The number of hydrogen-bond acceptors (Lipinski definition) is 13. The summed E-state index contributed by atoms with van der Waals surface area (Å²) < 4.78 is 66.6. The van der Waals surface area contributed by atoms with Gasteiger partial charge >= 0.3 is 29.8 Å². The van der Waals surface area contributed by atoms with Crippen molar-refractivity contribution < 1.29 is 62.6 Å². The van der Waals surface area contributed by atoms with Crippen LogP contribution in [0.4, 0.5) is 0 Å². The average molecular weight is 564 g/mol. The first-order valence-electron chi connectivity index (χ1n) is 14.3. The second-order valence-corrected chi connectivity index (χ2v) is 8.16. The van der Waals surface area contributed by atoms with Gasteiger partial charge in [0, 0.05) is 44.8 Å². The van der Waals surface area contributed by atoms with E-state index in [1.165, 1.54) is 31.5 Å². The number of nitrogens with zero attached hydrogens (tertiary/aromatic N) is 1. The number of aromatic nitrogens is 1. The number of benzene rings is 1. The van der Waals surface area contributed by atoms with Gasteiger partial charge in [-0.3, -0.25) is 24.2 Å². The maximum absolute atomic E-state index is 12.2. The molecule has 1 aliphatic rings. The largest absolute Gasteiger partial charge is 0.465 e. The number of ether oxygens (including phenoxy) is 7. The fourth-order valence-electron chi connectivity index (χ4n) is 3.78. The normalized spacial score (nSPS) is 23.2. The lowest BCUT2D eigenvalue weighted by Crippen LogP contribution is -2.63. The molecule has 1 unspecified atom stereocenters. The lowest BCUT2D eigenvalue weighted by atomic mass is 9.98. The van der Waals surface area contributed by atoms with E-state index < -0.39 is 94.8 Å². The molecular formula is C27H29NO12. The Morgan fingerprint density at radius 1 is 0.825 bits per heavy atom. The quantitative estimate of drug-likeness (QED) is 0.322. The molecule has 0 aliphatic carbocycles. The van der Waals surface area contributed by atoms with Crippen LogP contribution in [-0.4, -0.2) is 79.3 Å². The number of esters is 5. The van der Waals surface area contributed by atoms with E-state index in [1.54, 1.807) is 18.2 Å². The van der Waals surface area contributed by atoms with Crippen molar-refractivity contribution in [2.75, 3.05) is 13.7 Å². The summed E-state index contributed by atoms with van der Waals surface area (Å²) >= 11 is 0. The molecule has 2 aromatic rings. The van der Waals surface area contributed by atoms with Gasteiger partial charge in [0.1, 0.15) is 18.5 Å². The van der Waals surface area contributed by atoms with Crippen LogP contribution in [0.15, 0.2) is 42.6 Å². The molecule has 0 radical (unpaired) electrons. The molecule has 0 N–H and O–H groups in total. The van der Waals surface area contributed by atoms with Crippen LogP contribution in [0.2, 0.25) is 0 Å². The molecule has 0 bridgehead atoms. The first kappa shape index (κ1) is 24.5. The first-order valence-corrected chi connectivity index (χ1v) is 11.5. The summed E-state index contributed by atoms with van der Waals surface area (Å²) in [5.41, 5.74) is 1.40. The van der Waals surface area contributed by atoms with Gasteiger partial charge in [-0.05, 0) is 36.4 Å². The number of methoxy groups -OCH3 is 1. The fraction of sp³-hybridized carbons (Fsp3) is 0.407. The van der Waals surface area contributed by atoms with E-state index >= 15 is 0 Å². The van der Waals surface area contributed by atoms with Crippen molar-refractivity contribution in [2.24, 2.45) is 0 Å². The smallest absolute Gasteiger partial charge is 0.339 e. The van der Waals surface area contributed by atoms with E-state index in [4.69, 9.17) is 33.9 Å². The molecule has 13 heteroatoms. The van der Waals surface area contributed by atoms with Gasteiger partial charge in [-0.1, -0.05) is 0 Å². The fourth-order valence-corrected chi connectivity index (χ4v) is 3.78. The lowest BCUT2D eigenvalue weighted by molar-refractivity contribution is -0.288. The van der Waals surface area contributed by atoms with Crippen LogP contribution in [-0.2, 0) is 47.6 Å². The highest BCUT2D eigenvalue weighted by Gasteiger charge is 2.53. The van der Waals surface area contributed by atoms with Crippen molar-refractivity contribution in [1.29, 1.82) is 0 Å². The lowest BCUT2D eigenvalue weighted by Gasteiger charge is -2.43. The zero-order valence-electron chi connectivity index (χ0n) is 25.3. The summed E-state index contributed by atoms with van der Waals surface area (Å²) in [5, 5.41) is 0. The van der Waals surface area contributed by atoms with Gasteiger partial charge in [0.2, 0.25) is 12.4 Å². The van der Waals surface area contributed by atoms with Crippen molar-refractivity contribution in [3.05, 3.63) is 48.2 Å². The van der Waals surface area contributed by atoms with E-state index in [2.05, 4.69) is 9.72 Å². The Bertz CT molecular complexity index is 1310. The Kier molecular flexibility index (Phi) is 8.28. The summed E-state index contributed by atoms with van der Waals surface area (Å²) in [7, 11) is 1.25. The Hall–Kier alpha value is -4.52. The predicted octanol–water partition coefficient (Wildman–Crippen LogP) is 2.00. The minimum atomic E-state index is -1.67. The molecule has 0 amide bonds. The van der Waals surface area contributed by atoms with Crippen molar-refractivity contribution in [2.45, 2.75) is 58.3 Å². The number of carbonyl (C=O) groups excluding carboxylic acids is 5. The summed E-state index contributed by atoms with van der Waals surface area (Å²) in [6.45, 7) is -3.92. The van der Waals surface area contributed by atoms with Gasteiger partial charge < -0.3 is 33.2 Å². The summed E-state index contributed by atoms with van der Waals surface area (Å²) in [6.07, 6.45) is -6.58. The number of carbonyl (C=O) groups is 5. The van der Waals surface area contributed by atoms with Crippen LogP contribution >= 0.6 is 0 Å². The third-order valence-corrected chi connectivity index (χ3v) is 5.39. The molecule has 1 saturated heterocycles. The minimum Gasteiger partial charge on any atom is -0.465 e. The molecule has 1 aromatic carbocycles. The Morgan fingerprint density at radius 3 is 2.02 bits per heavy atom. The molecule has 214 valence electrons. The molecule has 1 aromatic heterocycles. The maximum atomic E-state index is 12.2. The van der Waals surface area contributed by atoms with Crippen LogP contribution in [0.25, 0.3) is 11.3 Å². The second kappa shape index (κ2) is 13.5. The first-order chi connectivity index (χ1) is 21.1. The molecule has 0 spiro atoms. The van der Waals surface area contributed by atoms with Crippen molar-refractivity contribution >= 4 is 29.8 Å². The average Bonchev–Trinajstić information content (AvgIpc) is 3.05. The highest BCUT2D eigenvalue weighted by molar-refractivity contribution is 5.89. The summed E-state index contributed by atoms with van der Waals surface area (Å²) in [5.74, 6) is -4.63. The van der Waals surface area contributed by atoms with Crippen LogP contribution < -0.4 is 4.74 Å². The van der Waals surface area contributed by atoms with Gasteiger partial charge in [0.25, 0.3) is 0 Å². The van der Waals surface area contributed by atoms with Crippen LogP contribution in [0, 0.1) is 0 Å². The van der Waals surface area contributed by atoms with E-state index in [1.807, 2.05) is 0 Å². The van der Waals surface area contributed by atoms with Gasteiger partial charge in [0.05, 0.1) is 18.4 Å². The Labute approximate surface area is 235 Å². The molecule has 0 saturated carbocycles. The van der Waals surface area contributed by atoms with Crippen molar-refractivity contribution in [3.8, 4) is 17.0 Å². The third kappa shape index (κ3) is 7.99. The highest BCUT2D eigenvalue weighted by atomic mass is 16.7. The zero-order chi connectivity index (χ0) is 32.2. The van der Waals surface area contributed by atoms with Crippen molar-refractivity contribution in [3.63, 3.8) is 0 Å². The van der Waals surface area contributed by atoms with Crippen LogP contribution in [0.5, 0.6) is 5.75 Å². The van der Waals surface area contributed by atoms with Gasteiger partial charge in [-0.15, -0.1) is 0 Å². The van der Waals surface area contributed by atoms with Crippen molar-refractivity contribution in [1.82, 2.24) is 4.98 Å².